The Hall–Kier alpha value is -3.51. The molecule has 4 heterocycles. The SMILES string of the molecule is CC[C@H]1OC(=O)[C@H](C)C(=O)[C@H](C)[C@@H](O[C@@H]2O[C@H](C)C[C@H](N(C)C)[C@H]2O)[C@@]2(C)C[C@@H](C)C(=NC)[C@H](C)[C@@H](OCC(=NOCc3ccc4oc(N)nc4c3)CO2)[C@]1(C)O. The summed E-state index contributed by atoms with van der Waals surface area (Å²) >= 11 is 0. The number of benzene rings is 1. The van der Waals surface area contributed by atoms with E-state index in [1.54, 1.807) is 40.0 Å². The van der Waals surface area contributed by atoms with Gasteiger partial charge >= 0.3 is 5.97 Å². The van der Waals surface area contributed by atoms with Crippen LogP contribution >= 0.6 is 0 Å². The molecule has 0 unspecified atom stereocenters. The van der Waals surface area contributed by atoms with Crippen LogP contribution in [0.1, 0.15) is 80.2 Å². The largest absolute Gasteiger partial charge is 0.459 e. The van der Waals surface area contributed by atoms with E-state index in [1.165, 1.54) is 6.92 Å². The lowest BCUT2D eigenvalue weighted by molar-refractivity contribution is -0.296. The number of nitrogens with zero attached hydrogens (tertiary/aromatic N) is 4. The van der Waals surface area contributed by atoms with Gasteiger partial charge < -0.3 is 53.8 Å². The molecule has 3 saturated heterocycles. The van der Waals surface area contributed by atoms with Crippen molar-refractivity contribution in [2.24, 2.45) is 33.8 Å². The molecule has 0 aliphatic carbocycles. The molecule has 2 aromatic rings. The maximum Gasteiger partial charge on any atom is 0.316 e. The van der Waals surface area contributed by atoms with Crippen molar-refractivity contribution in [2.45, 2.75) is 135 Å². The zero-order chi connectivity index (χ0) is 42.0. The number of Topliss-reactive ketones (excluding diaryl/α,β-unsaturated/α-hetero) is 1. The first-order valence-electron chi connectivity index (χ1n) is 20.0. The highest BCUT2D eigenvalue weighted by Gasteiger charge is 2.53. The normalized spacial score (nSPS) is 39.2. The van der Waals surface area contributed by atoms with E-state index in [1.807, 2.05) is 52.8 Å². The summed E-state index contributed by atoms with van der Waals surface area (Å²) in [5, 5.41) is 28.5. The molecule has 13 atom stereocenters. The number of carbonyl (C=O) groups excluding carboxylic acids is 2. The second-order valence-electron chi connectivity index (χ2n) is 16.8. The Balaban J connectivity index is 1.62. The van der Waals surface area contributed by atoms with Crippen LogP contribution in [-0.4, -0.2) is 132 Å². The minimum absolute atomic E-state index is 0.0585. The summed E-state index contributed by atoms with van der Waals surface area (Å²) in [6, 6.07) is 5.12. The van der Waals surface area contributed by atoms with E-state index < -0.39 is 71.4 Å². The molecule has 5 rings (SSSR count). The number of aromatic nitrogens is 1. The number of fused-ring (bicyclic) bond motifs is 6. The zero-order valence-electron chi connectivity index (χ0n) is 35.3. The van der Waals surface area contributed by atoms with Crippen LogP contribution in [0.25, 0.3) is 11.1 Å². The van der Waals surface area contributed by atoms with Crippen molar-refractivity contribution >= 4 is 40.3 Å². The number of cyclic esters (lactones) is 1. The first-order valence-corrected chi connectivity index (χ1v) is 20.0. The third-order valence-corrected chi connectivity index (χ3v) is 12.0. The second kappa shape index (κ2) is 18.2. The smallest absolute Gasteiger partial charge is 0.316 e. The lowest BCUT2D eigenvalue weighted by Gasteiger charge is -2.47. The Bertz CT molecular complexity index is 1780. The minimum atomic E-state index is -1.74. The van der Waals surface area contributed by atoms with Crippen molar-refractivity contribution in [3.05, 3.63) is 23.8 Å². The minimum Gasteiger partial charge on any atom is -0.459 e. The van der Waals surface area contributed by atoms with Crippen molar-refractivity contribution < 1.29 is 52.7 Å². The van der Waals surface area contributed by atoms with E-state index in [2.05, 4.69) is 10.1 Å². The van der Waals surface area contributed by atoms with Crippen molar-refractivity contribution in [3.8, 4) is 0 Å². The molecule has 0 radical (unpaired) electrons. The number of rotatable bonds is 7. The maximum atomic E-state index is 14.4. The number of oxazole rings is 1. The molecule has 0 spiro atoms. The quantitative estimate of drug-likeness (QED) is 0.206. The van der Waals surface area contributed by atoms with Gasteiger partial charge in [-0.3, -0.25) is 14.6 Å². The molecule has 3 aliphatic heterocycles. The summed E-state index contributed by atoms with van der Waals surface area (Å²) < 4.78 is 37.9. The molecular weight excluding hydrogens is 738 g/mol. The van der Waals surface area contributed by atoms with Gasteiger partial charge in [-0.2, -0.15) is 4.98 Å². The molecule has 2 bridgehead atoms. The number of aliphatic hydroxyl groups is 2. The van der Waals surface area contributed by atoms with E-state index in [-0.39, 0.29) is 56.7 Å². The summed E-state index contributed by atoms with van der Waals surface area (Å²) in [6.07, 6.45) is -4.45. The third-order valence-electron chi connectivity index (χ3n) is 12.0. The number of hydrogen-bond donors (Lipinski definition) is 3. The number of aliphatic imine (C=N–C) groups is 1. The molecule has 3 fully saturated rings. The third kappa shape index (κ3) is 9.69. The van der Waals surface area contributed by atoms with Gasteiger partial charge in [0.15, 0.2) is 17.7 Å². The summed E-state index contributed by atoms with van der Waals surface area (Å²) in [7, 11) is 5.46. The molecule has 3 aliphatic rings. The van der Waals surface area contributed by atoms with Crippen LogP contribution in [0.4, 0.5) is 6.01 Å². The van der Waals surface area contributed by atoms with Gasteiger partial charge in [0.2, 0.25) is 0 Å². The number of nitrogens with two attached hydrogens (primary N) is 1. The highest BCUT2D eigenvalue weighted by Crippen LogP contribution is 2.40. The van der Waals surface area contributed by atoms with Gasteiger partial charge in [-0.25, -0.2) is 0 Å². The molecule has 4 N–H and O–H groups in total. The fourth-order valence-corrected chi connectivity index (χ4v) is 8.92. The molecular formula is C41H63N5O11. The number of oxime groups is 1. The highest BCUT2D eigenvalue weighted by atomic mass is 16.7. The molecule has 318 valence electrons. The number of ether oxygens (including phenoxy) is 5. The van der Waals surface area contributed by atoms with Crippen LogP contribution in [0.5, 0.6) is 0 Å². The van der Waals surface area contributed by atoms with Crippen LogP contribution in [0.2, 0.25) is 0 Å². The van der Waals surface area contributed by atoms with Crippen molar-refractivity contribution in [1.82, 2.24) is 9.88 Å². The van der Waals surface area contributed by atoms with Gasteiger partial charge in [-0.15, -0.1) is 0 Å². The molecule has 0 saturated carbocycles. The number of carbonyl (C=O) groups is 2. The van der Waals surface area contributed by atoms with Crippen LogP contribution in [0.3, 0.4) is 0 Å². The molecule has 1 aromatic heterocycles. The van der Waals surface area contributed by atoms with Crippen LogP contribution in [0.15, 0.2) is 32.8 Å². The summed E-state index contributed by atoms with van der Waals surface area (Å²) in [4.78, 5) is 45.0. The monoisotopic (exact) mass is 801 g/mol. The molecule has 1 aromatic carbocycles. The van der Waals surface area contributed by atoms with Crippen molar-refractivity contribution in [2.75, 3.05) is 40.1 Å². The van der Waals surface area contributed by atoms with Gasteiger partial charge in [-0.1, -0.05) is 38.9 Å². The van der Waals surface area contributed by atoms with E-state index in [0.29, 0.717) is 23.2 Å². The second-order valence-corrected chi connectivity index (χ2v) is 16.8. The first kappa shape index (κ1) is 44.6. The Morgan fingerprint density at radius 1 is 1.09 bits per heavy atom. The number of nitrogen functional groups attached to an aromatic ring is 1. The zero-order valence-corrected chi connectivity index (χ0v) is 35.3. The van der Waals surface area contributed by atoms with Crippen LogP contribution < -0.4 is 5.73 Å². The topological polar surface area (TPSA) is 210 Å². The average Bonchev–Trinajstić information content (AvgIpc) is 3.52. The van der Waals surface area contributed by atoms with Crippen LogP contribution in [-0.2, 0) is 44.7 Å². The summed E-state index contributed by atoms with van der Waals surface area (Å²) in [5.41, 5.74) is 5.64. The van der Waals surface area contributed by atoms with E-state index in [4.69, 9.17) is 43.7 Å². The first-order chi connectivity index (χ1) is 26.8. The number of anilines is 1. The standard InChI is InChI=1S/C41H63N5O11/c1-12-31-41(8,50)36-23(4)32(43-9)21(2)17-40(7,52-20-27(19-51-36)45-53-18-26-13-14-30-28(16-26)44-39(42)55-30)35(24(5)33(47)25(6)37(49)56-31)57-38-34(48)29(46(10)11)15-22(3)54-38/h13-14,16,21-25,29,31,34-36,38,48,50H,12,15,17-20H2,1-11H3,(H2,42,44)/t21-,22-,23+,24+,25-,29+,31-,34-,35-,36-,38+,40-,41-/m1/s1. The predicted octanol–water partition coefficient (Wildman–Crippen LogP) is 3.93. The number of esters is 1. The van der Waals surface area contributed by atoms with Gasteiger partial charge in [0.05, 0.1) is 37.1 Å². The molecule has 16 nitrogen and oxygen atoms in total. The van der Waals surface area contributed by atoms with Crippen LogP contribution in [0, 0.1) is 23.7 Å². The Labute approximate surface area is 335 Å². The van der Waals surface area contributed by atoms with E-state index in [9.17, 15) is 19.8 Å². The average molecular weight is 802 g/mol. The number of ketones is 1. The van der Waals surface area contributed by atoms with E-state index >= 15 is 0 Å². The Morgan fingerprint density at radius 3 is 2.47 bits per heavy atom. The fourth-order valence-electron chi connectivity index (χ4n) is 8.92. The fraction of sp³-hybridized carbons (Fsp3) is 0.732. The lowest BCUT2D eigenvalue weighted by atomic mass is 9.73. The summed E-state index contributed by atoms with van der Waals surface area (Å²) in [5.74, 6) is -4.22. The number of hydrogen-bond acceptors (Lipinski definition) is 16. The van der Waals surface area contributed by atoms with Crippen molar-refractivity contribution in [1.29, 1.82) is 0 Å². The van der Waals surface area contributed by atoms with Gasteiger partial charge in [0.25, 0.3) is 6.01 Å². The number of aliphatic hydroxyl groups excluding tert-OH is 1. The maximum absolute atomic E-state index is 14.4. The molecule has 0 amide bonds. The predicted molar refractivity (Wildman–Crippen MR) is 212 cm³/mol. The highest BCUT2D eigenvalue weighted by molar-refractivity contribution is 6.00. The number of likely N-dealkylation sites (N-methyl/N-ethyl adjacent to an activating group) is 1. The van der Waals surface area contributed by atoms with Gasteiger partial charge in [0.1, 0.15) is 41.6 Å². The Morgan fingerprint density at radius 2 is 1.81 bits per heavy atom. The summed E-state index contributed by atoms with van der Waals surface area (Å²) in [6.45, 7) is 14.1. The van der Waals surface area contributed by atoms with Gasteiger partial charge in [0, 0.05) is 30.6 Å². The molecule has 57 heavy (non-hydrogen) atoms. The molecule has 16 heteroatoms. The van der Waals surface area contributed by atoms with Crippen molar-refractivity contribution in [3.63, 3.8) is 0 Å². The van der Waals surface area contributed by atoms with E-state index in [0.717, 1.165) is 11.3 Å². The Kier molecular flexibility index (Phi) is 14.2. The lowest BCUT2D eigenvalue weighted by Crippen LogP contribution is -2.60. The van der Waals surface area contributed by atoms with Gasteiger partial charge in [-0.05, 0) is 84.7 Å².